The Hall–Kier alpha value is -0.530. The van der Waals surface area contributed by atoms with E-state index in [2.05, 4.69) is 38.2 Å². The van der Waals surface area contributed by atoms with Crippen LogP contribution in [0.15, 0.2) is 18.2 Å². The zero-order valence-corrected chi connectivity index (χ0v) is 11.4. The average Bonchev–Trinajstić information content (AvgIpc) is 2.16. The fourth-order valence-corrected chi connectivity index (χ4v) is 2.24. The maximum Gasteiger partial charge on any atom is 0.0411 e. The van der Waals surface area contributed by atoms with Gasteiger partial charge in [-0.25, -0.2) is 0 Å². The monoisotopic (exact) mass is 239 g/mol. The van der Waals surface area contributed by atoms with Gasteiger partial charge in [-0.3, -0.25) is 0 Å². The minimum absolute atomic E-state index is 0.416. The Morgan fingerprint density at radius 1 is 1.19 bits per heavy atom. The van der Waals surface area contributed by atoms with Crippen LogP contribution in [0.4, 0.5) is 0 Å². The summed E-state index contributed by atoms with van der Waals surface area (Å²) in [5, 5.41) is 4.20. The van der Waals surface area contributed by atoms with Crippen molar-refractivity contribution in [3.8, 4) is 0 Å². The number of halogens is 1. The number of aryl methyl sites for hydroxylation is 1. The van der Waals surface area contributed by atoms with Crippen LogP contribution in [-0.2, 0) is 0 Å². The second-order valence-electron chi connectivity index (χ2n) is 4.87. The lowest BCUT2D eigenvalue weighted by Gasteiger charge is -2.18. The van der Waals surface area contributed by atoms with Gasteiger partial charge in [-0.15, -0.1) is 0 Å². The first-order valence-electron chi connectivity index (χ1n) is 5.97. The van der Waals surface area contributed by atoms with Crippen molar-refractivity contribution in [2.45, 2.75) is 39.7 Å². The van der Waals surface area contributed by atoms with Crippen LogP contribution in [0.3, 0.4) is 0 Å². The summed E-state index contributed by atoms with van der Waals surface area (Å²) in [6.07, 6.45) is 2.39. The third-order valence-electron chi connectivity index (χ3n) is 2.85. The van der Waals surface area contributed by atoms with Crippen LogP contribution >= 0.6 is 11.6 Å². The van der Waals surface area contributed by atoms with Crippen molar-refractivity contribution in [1.29, 1.82) is 0 Å². The van der Waals surface area contributed by atoms with E-state index in [0.29, 0.717) is 6.04 Å². The molecule has 0 saturated heterocycles. The van der Waals surface area contributed by atoms with Gasteiger partial charge in [-0.1, -0.05) is 31.5 Å². The first-order valence-corrected chi connectivity index (χ1v) is 6.35. The van der Waals surface area contributed by atoms with Gasteiger partial charge in [0.2, 0.25) is 0 Å². The van der Waals surface area contributed by atoms with Gasteiger partial charge in [-0.05, 0) is 56.0 Å². The van der Waals surface area contributed by atoms with E-state index in [-0.39, 0.29) is 0 Å². The average molecular weight is 240 g/mol. The maximum absolute atomic E-state index is 6.09. The van der Waals surface area contributed by atoms with Gasteiger partial charge in [0.05, 0.1) is 0 Å². The molecule has 1 unspecified atom stereocenters. The highest BCUT2D eigenvalue weighted by atomic mass is 35.5. The Bertz CT molecular complexity index is 313. The maximum atomic E-state index is 6.09. The SMILES string of the molecule is CNC(CCC(C)C)c1cc(C)cc(Cl)c1. The third-order valence-corrected chi connectivity index (χ3v) is 3.07. The van der Waals surface area contributed by atoms with Gasteiger partial charge in [0.15, 0.2) is 0 Å². The quantitative estimate of drug-likeness (QED) is 0.806. The number of rotatable bonds is 5. The summed E-state index contributed by atoms with van der Waals surface area (Å²) in [7, 11) is 2.02. The minimum Gasteiger partial charge on any atom is -0.313 e. The highest BCUT2D eigenvalue weighted by molar-refractivity contribution is 6.30. The molecule has 1 aromatic carbocycles. The van der Waals surface area contributed by atoms with E-state index in [1.54, 1.807) is 0 Å². The number of hydrogen-bond acceptors (Lipinski definition) is 1. The third kappa shape index (κ3) is 4.15. The topological polar surface area (TPSA) is 12.0 Å². The van der Waals surface area contributed by atoms with Crippen molar-refractivity contribution >= 4 is 11.6 Å². The molecule has 0 aliphatic rings. The molecule has 0 radical (unpaired) electrons. The highest BCUT2D eigenvalue weighted by Gasteiger charge is 2.10. The molecule has 0 bridgehead atoms. The number of nitrogens with one attached hydrogen (secondary N) is 1. The van der Waals surface area contributed by atoms with E-state index in [1.165, 1.54) is 17.5 Å². The molecule has 0 amide bonds. The fraction of sp³-hybridized carbons (Fsp3) is 0.571. The van der Waals surface area contributed by atoms with Crippen LogP contribution < -0.4 is 5.32 Å². The molecule has 0 heterocycles. The molecule has 16 heavy (non-hydrogen) atoms. The Morgan fingerprint density at radius 3 is 2.38 bits per heavy atom. The molecule has 1 atom stereocenters. The largest absolute Gasteiger partial charge is 0.313 e. The van der Waals surface area contributed by atoms with E-state index in [4.69, 9.17) is 11.6 Å². The molecule has 90 valence electrons. The van der Waals surface area contributed by atoms with Gasteiger partial charge >= 0.3 is 0 Å². The summed E-state index contributed by atoms with van der Waals surface area (Å²) in [6.45, 7) is 6.61. The second-order valence-corrected chi connectivity index (χ2v) is 5.31. The van der Waals surface area contributed by atoms with Gasteiger partial charge in [0.1, 0.15) is 0 Å². The standard InChI is InChI=1S/C14H22ClN/c1-10(2)5-6-14(16-4)12-7-11(3)8-13(15)9-12/h7-10,14,16H,5-6H2,1-4H3. The second kappa shape index (κ2) is 6.27. The number of benzene rings is 1. The molecule has 0 aliphatic carbocycles. The molecule has 0 aromatic heterocycles. The van der Waals surface area contributed by atoms with Crippen LogP contribution in [0.1, 0.15) is 43.9 Å². The molecule has 1 N–H and O–H groups in total. The van der Waals surface area contributed by atoms with Crippen LogP contribution in [0, 0.1) is 12.8 Å². The molecule has 2 heteroatoms. The van der Waals surface area contributed by atoms with Gasteiger partial charge in [-0.2, -0.15) is 0 Å². The molecule has 0 saturated carbocycles. The van der Waals surface area contributed by atoms with E-state index in [0.717, 1.165) is 17.4 Å². The van der Waals surface area contributed by atoms with E-state index < -0.39 is 0 Å². The lowest BCUT2D eigenvalue weighted by Crippen LogP contribution is -2.17. The predicted molar refractivity (Wildman–Crippen MR) is 72.1 cm³/mol. The zero-order valence-electron chi connectivity index (χ0n) is 10.7. The first kappa shape index (κ1) is 13.5. The van der Waals surface area contributed by atoms with Crippen LogP contribution in [0.5, 0.6) is 0 Å². The predicted octanol–water partition coefficient (Wildman–Crippen LogP) is 4.35. The lowest BCUT2D eigenvalue weighted by atomic mass is 9.97. The van der Waals surface area contributed by atoms with Crippen molar-refractivity contribution in [3.63, 3.8) is 0 Å². The van der Waals surface area contributed by atoms with Crippen LogP contribution in [-0.4, -0.2) is 7.05 Å². The Morgan fingerprint density at radius 2 is 1.88 bits per heavy atom. The first-order chi connectivity index (χ1) is 7.52. The zero-order chi connectivity index (χ0) is 12.1. The summed E-state index contributed by atoms with van der Waals surface area (Å²) in [5.74, 6) is 0.746. The summed E-state index contributed by atoms with van der Waals surface area (Å²) >= 11 is 6.09. The van der Waals surface area contributed by atoms with Crippen LogP contribution in [0.25, 0.3) is 0 Å². The smallest absolute Gasteiger partial charge is 0.0411 e. The molecule has 0 aliphatic heterocycles. The summed E-state index contributed by atoms with van der Waals surface area (Å²) in [6, 6.07) is 6.70. The van der Waals surface area contributed by atoms with E-state index in [9.17, 15) is 0 Å². The summed E-state index contributed by atoms with van der Waals surface area (Å²) < 4.78 is 0. The normalized spacial score (nSPS) is 13.1. The van der Waals surface area contributed by atoms with Crippen molar-refractivity contribution in [3.05, 3.63) is 34.3 Å². The van der Waals surface area contributed by atoms with Crippen molar-refractivity contribution < 1.29 is 0 Å². The summed E-state index contributed by atoms with van der Waals surface area (Å²) in [5.41, 5.74) is 2.53. The molecular formula is C14H22ClN. The molecule has 1 rings (SSSR count). The van der Waals surface area contributed by atoms with E-state index in [1.807, 2.05) is 13.1 Å². The van der Waals surface area contributed by atoms with Gasteiger partial charge in [0.25, 0.3) is 0 Å². The molecule has 1 aromatic rings. The fourth-order valence-electron chi connectivity index (χ4n) is 1.94. The van der Waals surface area contributed by atoms with Gasteiger partial charge < -0.3 is 5.32 Å². The highest BCUT2D eigenvalue weighted by Crippen LogP contribution is 2.24. The minimum atomic E-state index is 0.416. The summed E-state index contributed by atoms with van der Waals surface area (Å²) in [4.78, 5) is 0. The van der Waals surface area contributed by atoms with Crippen molar-refractivity contribution in [2.75, 3.05) is 7.05 Å². The molecular weight excluding hydrogens is 218 g/mol. The molecule has 0 spiro atoms. The van der Waals surface area contributed by atoms with Crippen molar-refractivity contribution in [2.24, 2.45) is 5.92 Å². The Kier molecular flexibility index (Phi) is 5.30. The Balaban J connectivity index is 2.78. The number of hydrogen-bond donors (Lipinski definition) is 1. The van der Waals surface area contributed by atoms with Crippen LogP contribution in [0.2, 0.25) is 5.02 Å². The molecule has 0 fully saturated rings. The van der Waals surface area contributed by atoms with Gasteiger partial charge in [0, 0.05) is 11.1 Å². The Labute approximate surface area is 104 Å². The van der Waals surface area contributed by atoms with E-state index >= 15 is 0 Å². The lowest BCUT2D eigenvalue weighted by molar-refractivity contribution is 0.465. The van der Waals surface area contributed by atoms with Crippen molar-refractivity contribution in [1.82, 2.24) is 5.32 Å². The molecule has 1 nitrogen and oxygen atoms in total.